The van der Waals surface area contributed by atoms with E-state index in [2.05, 4.69) is 4.98 Å². The van der Waals surface area contributed by atoms with E-state index in [0.29, 0.717) is 6.61 Å². The van der Waals surface area contributed by atoms with Crippen molar-refractivity contribution in [3.63, 3.8) is 0 Å². The molecule has 3 heteroatoms. The van der Waals surface area contributed by atoms with Gasteiger partial charge in [0, 0.05) is 23.5 Å². The van der Waals surface area contributed by atoms with Crippen LogP contribution in [0.15, 0.2) is 47.3 Å². The van der Waals surface area contributed by atoms with E-state index in [1.807, 2.05) is 37.3 Å². The van der Waals surface area contributed by atoms with E-state index in [-0.39, 0.29) is 5.43 Å². The second-order valence-corrected chi connectivity index (χ2v) is 4.29. The number of H-pyrrole nitrogens is 1. The van der Waals surface area contributed by atoms with Crippen LogP contribution in [0.25, 0.3) is 0 Å². The van der Waals surface area contributed by atoms with Crippen LogP contribution in [-0.4, -0.2) is 11.6 Å². The number of nitrogens with one attached hydrogen (secondary N) is 1. The van der Waals surface area contributed by atoms with E-state index >= 15 is 0 Å². The molecule has 0 atom stereocenters. The first-order valence-electron chi connectivity index (χ1n) is 6.12. The predicted molar refractivity (Wildman–Crippen MR) is 72.1 cm³/mol. The molecule has 18 heavy (non-hydrogen) atoms. The summed E-state index contributed by atoms with van der Waals surface area (Å²) in [7, 11) is 0. The minimum absolute atomic E-state index is 0.0604. The summed E-state index contributed by atoms with van der Waals surface area (Å²) in [6.45, 7) is 2.55. The number of ether oxygens (including phenoxy) is 1. The molecular weight excluding hydrogens is 226 g/mol. The van der Waals surface area contributed by atoms with Crippen LogP contribution in [0.4, 0.5) is 0 Å². The number of benzene rings is 1. The van der Waals surface area contributed by atoms with Crippen LogP contribution in [0.5, 0.6) is 5.75 Å². The van der Waals surface area contributed by atoms with Crippen molar-refractivity contribution in [2.24, 2.45) is 0 Å². The summed E-state index contributed by atoms with van der Waals surface area (Å²) >= 11 is 0. The highest BCUT2D eigenvalue weighted by Crippen LogP contribution is 2.09. The molecule has 0 amide bonds. The minimum atomic E-state index is 0.0604. The van der Waals surface area contributed by atoms with Gasteiger partial charge in [-0.15, -0.1) is 0 Å². The Bertz CT molecular complexity index is 546. The van der Waals surface area contributed by atoms with Crippen molar-refractivity contribution in [2.75, 3.05) is 6.61 Å². The first kappa shape index (κ1) is 12.4. The molecule has 0 aliphatic rings. The first-order valence-corrected chi connectivity index (χ1v) is 6.12. The third-order valence-corrected chi connectivity index (χ3v) is 2.64. The normalized spacial score (nSPS) is 10.3. The van der Waals surface area contributed by atoms with Gasteiger partial charge in [-0.05, 0) is 31.9 Å². The van der Waals surface area contributed by atoms with Crippen molar-refractivity contribution in [3.05, 3.63) is 64.1 Å². The lowest BCUT2D eigenvalue weighted by atomic mass is 10.2. The maximum atomic E-state index is 11.3. The third-order valence-electron chi connectivity index (χ3n) is 2.64. The van der Waals surface area contributed by atoms with Gasteiger partial charge in [0.05, 0.1) is 6.61 Å². The SMILES string of the molecule is Cc1cc(=O)cc(CCCOc2ccccc2)[nH]1. The fourth-order valence-electron chi connectivity index (χ4n) is 1.86. The summed E-state index contributed by atoms with van der Waals surface area (Å²) in [5.41, 5.74) is 1.93. The number of aryl methyl sites for hydroxylation is 2. The molecule has 0 bridgehead atoms. The Balaban J connectivity index is 1.80. The predicted octanol–water partition coefficient (Wildman–Crippen LogP) is 2.69. The van der Waals surface area contributed by atoms with E-state index in [1.54, 1.807) is 12.1 Å². The Kier molecular flexibility index (Phi) is 4.18. The number of hydrogen-bond donors (Lipinski definition) is 1. The number of rotatable bonds is 5. The lowest BCUT2D eigenvalue weighted by molar-refractivity contribution is 0.310. The molecule has 0 spiro atoms. The quantitative estimate of drug-likeness (QED) is 0.820. The Morgan fingerprint density at radius 2 is 1.94 bits per heavy atom. The highest BCUT2D eigenvalue weighted by Gasteiger charge is 1.97. The molecule has 94 valence electrons. The van der Waals surface area contributed by atoms with E-state index in [4.69, 9.17) is 4.74 Å². The fourth-order valence-corrected chi connectivity index (χ4v) is 1.86. The molecule has 2 aromatic rings. The Hall–Kier alpha value is -2.03. The minimum Gasteiger partial charge on any atom is -0.494 e. The van der Waals surface area contributed by atoms with Crippen LogP contribution in [0.3, 0.4) is 0 Å². The van der Waals surface area contributed by atoms with Gasteiger partial charge in [-0.3, -0.25) is 4.79 Å². The Morgan fingerprint density at radius 3 is 2.67 bits per heavy atom. The average molecular weight is 243 g/mol. The van der Waals surface area contributed by atoms with E-state index in [9.17, 15) is 4.79 Å². The molecule has 0 saturated heterocycles. The Labute approximate surface area is 106 Å². The van der Waals surface area contributed by atoms with Crippen LogP contribution in [-0.2, 0) is 6.42 Å². The summed E-state index contributed by atoms with van der Waals surface area (Å²) < 4.78 is 5.60. The van der Waals surface area contributed by atoms with Crippen LogP contribution >= 0.6 is 0 Å². The van der Waals surface area contributed by atoms with Crippen molar-refractivity contribution >= 4 is 0 Å². The van der Waals surface area contributed by atoms with Gasteiger partial charge < -0.3 is 9.72 Å². The zero-order chi connectivity index (χ0) is 12.8. The van der Waals surface area contributed by atoms with E-state index < -0.39 is 0 Å². The van der Waals surface area contributed by atoms with Gasteiger partial charge in [0.15, 0.2) is 5.43 Å². The molecule has 2 rings (SSSR count). The van der Waals surface area contributed by atoms with Gasteiger partial charge in [-0.1, -0.05) is 18.2 Å². The van der Waals surface area contributed by atoms with E-state index in [1.165, 1.54) is 0 Å². The second-order valence-electron chi connectivity index (χ2n) is 4.29. The molecule has 0 unspecified atom stereocenters. The highest BCUT2D eigenvalue weighted by molar-refractivity contribution is 5.20. The van der Waals surface area contributed by atoms with Gasteiger partial charge >= 0.3 is 0 Å². The molecule has 0 radical (unpaired) electrons. The molecular formula is C15H17NO2. The van der Waals surface area contributed by atoms with Gasteiger partial charge in [-0.2, -0.15) is 0 Å². The molecule has 1 N–H and O–H groups in total. The summed E-state index contributed by atoms with van der Waals surface area (Å²) in [5.74, 6) is 0.884. The maximum Gasteiger partial charge on any atom is 0.182 e. The van der Waals surface area contributed by atoms with Crippen LogP contribution in [0.2, 0.25) is 0 Å². The summed E-state index contributed by atoms with van der Waals surface area (Å²) in [6, 6.07) is 13.0. The summed E-state index contributed by atoms with van der Waals surface area (Å²) in [4.78, 5) is 14.5. The van der Waals surface area contributed by atoms with Crippen LogP contribution < -0.4 is 10.2 Å². The van der Waals surface area contributed by atoms with E-state index in [0.717, 1.165) is 30.0 Å². The van der Waals surface area contributed by atoms with Gasteiger partial charge in [0.2, 0.25) is 0 Å². The van der Waals surface area contributed by atoms with Crippen molar-refractivity contribution < 1.29 is 4.74 Å². The second kappa shape index (κ2) is 6.05. The molecule has 1 heterocycles. The highest BCUT2D eigenvalue weighted by atomic mass is 16.5. The first-order chi connectivity index (χ1) is 8.74. The topological polar surface area (TPSA) is 42.1 Å². The number of aromatic amines is 1. The standard InChI is InChI=1S/C15H17NO2/c1-12-10-14(17)11-13(16-12)6-5-9-18-15-7-3-2-4-8-15/h2-4,7-8,10-11H,5-6,9H2,1H3,(H,16,17). The van der Waals surface area contributed by atoms with Crippen molar-refractivity contribution in [1.29, 1.82) is 0 Å². The average Bonchev–Trinajstić information content (AvgIpc) is 2.35. The molecule has 0 fully saturated rings. The molecule has 3 nitrogen and oxygen atoms in total. The van der Waals surface area contributed by atoms with Crippen molar-refractivity contribution in [3.8, 4) is 5.75 Å². The number of para-hydroxylation sites is 1. The number of aromatic nitrogens is 1. The monoisotopic (exact) mass is 243 g/mol. The third kappa shape index (κ3) is 3.77. The van der Waals surface area contributed by atoms with Gasteiger partial charge in [-0.25, -0.2) is 0 Å². The molecule has 0 aliphatic carbocycles. The summed E-state index contributed by atoms with van der Waals surface area (Å²) in [6.07, 6.45) is 1.71. The van der Waals surface area contributed by atoms with Crippen molar-refractivity contribution in [1.82, 2.24) is 4.98 Å². The number of pyridine rings is 1. The van der Waals surface area contributed by atoms with Crippen LogP contribution in [0, 0.1) is 6.92 Å². The Morgan fingerprint density at radius 1 is 1.17 bits per heavy atom. The van der Waals surface area contributed by atoms with Gasteiger partial charge in [0.1, 0.15) is 5.75 Å². The number of hydrogen-bond acceptors (Lipinski definition) is 2. The van der Waals surface area contributed by atoms with Gasteiger partial charge in [0.25, 0.3) is 0 Å². The molecule has 1 aromatic heterocycles. The maximum absolute atomic E-state index is 11.3. The van der Waals surface area contributed by atoms with Crippen molar-refractivity contribution in [2.45, 2.75) is 19.8 Å². The molecule has 1 aromatic carbocycles. The lowest BCUT2D eigenvalue weighted by Gasteiger charge is -2.06. The largest absolute Gasteiger partial charge is 0.494 e. The fraction of sp³-hybridized carbons (Fsp3) is 0.267. The smallest absolute Gasteiger partial charge is 0.182 e. The molecule has 0 saturated carbocycles. The summed E-state index contributed by atoms with van der Waals surface area (Å²) in [5, 5.41) is 0. The molecule has 0 aliphatic heterocycles. The van der Waals surface area contributed by atoms with Crippen LogP contribution in [0.1, 0.15) is 17.8 Å². The zero-order valence-corrected chi connectivity index (χ0v) is 10.5. The zero-order valence-electron chi connectivity index (χ0n) is 10.5. The lowest BCUT2D eigenvalue weighted by Crippen LogP contribution is -2.06.